The highest BCUT2D eigenvalue weighted by Gasteiger charge is 2.36. The van der Waals surface area contributed by atoms with Gasteiger partial charge in [0.2, 0.25) is 0 Å². The molecule has 0 saturated carbocycles. The summed E-state index contributed by atoms with van der Waals surface area (Å²) in [6.07, 6.45) is 1.70. The van der Waals surface area contributed by atoms with Crippen molar-refractivity contribution in [2.75, 3.05) is 5.01 Å². The van der Waals surface area contributed by atoms with Crippen LogP contribution in [0.2, 0.25) is 0 Å². The molecule has 0 bridgehead atoms. The molecule has 1 aromatic rings. The van der Waals surface area contributed by atoms with Crippen molar-refractivity contribution in [3.63, 3.8) is 0 Å². The molecule has 1 aliphatic heterocycles. The summed E-state index contributed by atoms with van der Waals surface area (Å²) in [7, 11) is 0. The van der Waals surface area contributed by atoms with Crippen LogP contribution in [-0.2, 0) is 4.79 Å². The van der Waals surface area contributed by atoms with E-state index in [1.54, 1.807) is 6.20 Å². The molecule has 0 aromatic carbocycles. The molecule has 0 saturated heterocycles. The van der Waals surface area contributed by atoms with Gasteiger partial charge in [-0.15, -0.1) is 0 Å². The molecule has 0 N–H and O–H groups in total. The van der Waals surface area contributed by atoms with Gasteiger partial charge in [0.25, 0.3) is 5.91 Å². The van der Waals surface area contributed by atoms with Gasteiger partial charge in [0.15, 0.2) is 5.82 Å². The van der Waals surface area contributed by atoms with E-state index in [1.807, 2.05) is 39.8 Å². The molecular weight excluding hydrogens is 214 g/mol. The molecule has 4 nitrogen and oxygen atoms in total. The number of aromatic nitrogens is 1. The zero-order valence-corrected chi connectivity index (χ0v) is 10.6. The Morgan fingerprint density at radius 1 is 1.35 bits per heavy atom. The van der Waals surface area contributed by atoms with Gasteiger partial charge in [-0.05, 0) is 37.5 Å². The smallest absolute Gasteiger partial charge is 0.257 e. The number of pyridine rings is 1. The summed E-state index contributed by atoms with van der Waals surface area (Å²) < 4.78 is 0. The fourth-order valence-corrected chi connectivity index (χ4v) is 2.15. The summed E-state index contributed by atoms with van der Waals surface area (Å²) in [5, 5.41) is 5.75. The van der Waals surface area contributed by atoms with E-state index >= 15 is 0 Å². The minimum absolute atomic E-state index is 0.0237. The fourth-order valence-electron chi connectivity index (χ4n) is 2.15. The molecule has 17 heavy (non-hydrogen) atoms. The molecule has 0 radical (unpaired) electrons. The monoisotopic (exact) mass is 231 g/mol. The first kappa shape index (κ1) is 11.8. The molecule has 1 aromatic heterocycles. The molecule has 0 aliphatic carbocycles. The molecule has 2 heterocycles. The number of amides is 1. The van der Waals surface area contributed by atoms with Gasteiger partial charge < -0.3 is 0 Å². The summed E-state index contributed by atoms with van der Waals surface area (Å²) in [5.74, 6) is 0.784. The molecule has 2 rings (SSSR count). The summed E-state index contributed by atoms with van der Waals surface area (Å²) in [4.78, 5) is 16.4. The van der Waals surface area contributed by atoms with Gasteiger partial charge in [0, 0.05) is 11.9 Å². The van der Waals surface area contributed by atoms with Crippen LogP contribution in [0.4, 0.5) is 5.82 Å². The van der Waals surface area contributed by atoms with Crippen LogP contribution in [0.15, 0.2) is 23.4 Å². The van der Waals surface area contributed by atoms with Crippen LogP contribution in [0.3, 0.4) is 0 Å². The number of anilines is 1. The molecule has 0 spiro atoms. The van der Waals surface area contributed by atoms with Crippen molar-refractivity contribution in [3.8, 4) is 0 Å². The van der Waals surface area contributed by atoms with E-state index in [0.29, 0.717) is 5.82 Å². The van der Waals surface area contributed by atoms with Crippen molar-refractivity contribution in [2.45, 2.75) is 27.7 Å². The lowest BCUT2D eigenvalue weighted by molar-refractivity contribution is -0.120. The van der Waals surface area contributed by atoms with Gasteiger partial charge in [-0.1, -0.05) is 13.8 Å². The highest BCUT2D eigenvalue weighted by Crippen LogP contribution is 2.26. The highest BCUT2D eigenvalue weighted by molar-refractivity contribution is 6.14. The van der Waals surface area contributed by atoms with Crippen molar-refractivity contribution < 1.29 is 4.79 Å². The van der Waals surface area contributed by atoms with Crippen molar-refractivity contribution in [2.24, 2.45) is 16.9 Å². The van der Waals surface area contributed by atoms with Crippen molar-refractivity contribution in [1.82, 2.24) is 4.98 Å². The maximum atomic E-state index is 12.2. The number of hydrogen-bond donors (Lipinski definition) is 0. The number of hydrazone groups is 1. The third kappa shape index (κ3) is 2.07. The second-order valence-corrected chi connectivity index (χ2v) is 4.80. The first-order valence-corrected chi connectivity index (χ1v) is 5.82. The lowest BCUT2D eigenvalue weighted by Crippen LogP contribution is -2.30. The molecule has 1 unspecified atom stereocenters. The topological polar surface area (TPSA) is 45.6 Å². The molecular formula is C13H17N3O. The second-order valence-electron chi connectivity index (χ2n) is 4.80. The Labute approximate surface area is 101 Å². The van der Waals surface area contributed by atoms with E-state index < -0.39 is 0 Å². The number of nitrogens with zero attached hydrogens (tertiary/aromatic N) is 3. The largest absolute Gasteiger partial charge is 0.272 e. The van der Waals surface area contributed by atoms with Crippen LogP contribution in [0.25, 0.3) is 0 Å². The average molecular weight is 231 g/mol. The molecule has 4 heteroatoms. The Balaban J connectivity index is 2.34. The van der Waals surface area contributed by atoms with Gasteiger partial charge in [-0.2, -0.15) is 10.1 Å². The number of aryl methyl sites for hydroxylation is 1. The molecule has 0 fully saturated rings. The van der Waals surface area contributed by atoms with Crippen LogP contribution in [0.1, 0.15) is 26.3 Å². The second kappa shape index (κ2) is 4.28. The summed E-state index contributed by atoms with van der Waals surface area (Å²) >= 11 is 0. The van der Waals surface area contributed by atoms with Gasteiger partial charge in [-0.3, -0.25) is 4.79 Å². The lowest BCUT2D eigenvalue weighted by atomic mass is 9.92. The van der Waals surface area contributed by atoms with Crippen LogP contribution in [-0.4, -0.2) is 16.6 Å². The van der Waals surface area contributed by atoms with Crippen molar-refractivity contribution in [3.05, 3.63) is 23.9 Å². The van der Waals surface area contributed by atoms with Gasteiger partial charge >= 0.3 is 0 Å². The quantitative estimate of drug-likeness (QED) is 0.784. The lowest BCUT2D eigenvalue weighted by Gasteiger charge is -2.15. The number of carbonyl (C=O) groups is 1. The van der Waals surface area contributed by atoms with Crippen LogP contribution in [0.5, 0.6) is 0 Å². The minimum Gasteiger partial charge on any atom is -0.272 e. The van der Waals surface area contributed by atoms with E-state index in [4.69, 9.17) is 0 Å². The maximum Gasteiger partial charge on any atom is 0.257 e. The van der Waals surface area contributed by atoms with E-state index in [-0.39, 0.29) is 17.7 Å². The zero-order chi connectivity index (χ0) is 12.6. The third-order valence-corrected chi connectivity index (χ3v) is 2.97. The van der Waals surface area contributed by atoms with Crippen molar-refractivity contribution in [1.29, 1.82) is 0 Å². The zero-order valence-electron chi connectivity index (χ0n) is 10.6. The van der Waals surface area contributed by atoms with Crippen LogP contribution < -0.4 is 5.01 Å². The molecule has 1 aliphatic rings. The summed E-state index contributed by atoms with van der Waals surface area (Å²) in [5.41, 5.74) is 1.94. The Hall–Kier alpha value is -1.71. The fraction of sp³-hybridized carbons (Fsp3) is 0.462. The number of carbonyl (C=O) groups excluding carboxylic acids is 1. The first-order chi connectivity index (χ1) is 8.00. The van der Waals surface area contributed by atoms with Gasteiger partial charge in [0.05, 0.1) is 5.92 Å². The summed E-state index contributed by atoms with van der Waals surface area (Å²) in [6.45, 7) is 7.95. The molecule has 1 amide bonds. The third-order valence-electron chi connectivity index (χ3n) is 2.97. The Bertz CT molecular complexity index is 479. The Kier molecular flexibility index (Phi) is 2.96. The average Bonchev–Trinajstić information content (AvgIpc) is 2.54. The summed E-state index contributed by atoms with van der Waals surface area (Å²) in [6, 6.07) is 3.78. The van der Waals surface area contributed by atoms with E-state index in [9.17, 15) is 4.79 Å². The standard InChI is InChI=1S/C13H17N3O/c1-8(2)12-10(4)15-16(13(12)17)11-7-9(3)5-6-14-11/h5-8,12H,1-4H3. The minimum atomic E-state index is -0.114. The Morgan fingerprint density at radius 2 is 2.06 bits per heavy atom. The number of hydrogen-bond acceptors (Lipinski definition) is 3. The van der Waals surface area contributed by atoms with Crippen molar-refractivity contribution >= 4 is 17.4 Å². The van der Waals surface area contributed by atoms with E-state index in [2.05, 4.69) is 10.1 Å². The van der Waals surface area contributed by atoms with Crippen LogP contribution in [0, 0.1) is 18.8 Å². The van der Waals surface area contributed by atoms with Gasteiger partial charge in [-0.25, -0.2) is 4.98 Å². The highest BCUT2D eigenvalue weighted by atomic mass is 16.2. The van der Waals surface area contributed by atoms with E-state index in [1.165, 1.54) is 5.01 Å². The Morgan fingerprint density at radius 3 is 2.59 bits per heavy atom. The van der Waals surface area contributed by atoms with E-state index in [0.717, 1.165) is 11.3 Å². The maximum absolute atomic E-state index is 12.2. The predicted molar refractivity (Wildman–Crippen MR) is 67.9 cm³/mol. The first-order valence-electron chi connectivity index (χ1n) is 5.82. The molecule has 1 atom stereocenters. The normalized spacial score (nSPS) is 20.1. The van der Waals surface area contributed by atoms with Gasteiger partial charge in [0.1, 0.15) is 0 Å². The number of rotatable bonds is 2. The molecule has 90 valence electrons. The van der Waals surface area contributed by atoms with Crippen LogP contribution >= 0.6 is 0 Å². The SMILES string of the molecule is CC1=NN(c2cc(C)ccn2)C(=O)C1C(C)C. The predicted octanol–water partition coefficient (Wildman–Crippen LogP) is 2.38.